The van der Waals surface area contributed by atoms with Gasteiger partial charge in [0.1, 0.15) is 6.10 Å². The van der Waals surface area contributed by atoms with Crippen molar-refractivity contribution in [3.8, 4) is 0 Å². The molecule has 1 N–H and O–H groups in total. The highest BCUT2D eigenvalue weighted by Crippen LogP contribution is 2.34. The molecule has 1 aromatic carbocycles. The number of carbonyl (C=O) groups excluding carboxylic acids is 1. The van der Waals surface area contributed by atoms with Crippen LogP contribution in [0.3, 0.4) is 0 Å². The summed E-state index contributed by atoms with van der Waals surface area (Å²) in [4.78, 5) is 14.6. The fourth-order valence-electron chi connectivity index (χ4n) is 3.43. The van der Waals surface area contributed by atoms with E-state index in [0.29, 0.717) is 6.61 Å². The first kappa shape index (κ1) is 18.9. The molecule has 1 heterocycles. The number of rotatable bonds is 8. The monoisotopic (exact) mass is 332 g/mol. The van der Waals surface area contributed by atoms with Crippen molar-refractivity contribution in [3.05, 3.63) is 35.9 Å². The molecule has 0 saturated carbocycles. The molecule has 1 atom stereocenters. The standard InChI is InChI=1S/C20H32N2O2/c1-4-20(16-21-19(23)17(3)24-5-2)11-13-22(14-12-20)15-18-9-7-6-8-10-18/h6-10,17H,4-5,11-16H2,1-3H3,(H,21,23). The Labute approximate surface area is 146 Å². The number of carbonyl (C=O) groups is 1. The van der Waals surface area contributed by atoms with E-state index in [0.717, 1.165) is 45.4 Å². The zero-order valence-corrected chi connectivity index (χ0v) is 15.4. The van der Waals surface area contributed by atoms with Crippen LogP contribution >= 0.6 is 0 Å². The summed E-state index contributed by atoms with van der Waals surface area (Å²) in [6.45, 7) is 10.5. The first-order valence-electron chi connectivity index (χ1n) is 9.24. The number of nitrogens with one attached hydrogen (secondary N) is 1. The van der Waals surface area contributed by atoms with Crippen molar-refractivity contribution in [2.24, 2.45) is 5.41 Å². The van der Waals surface area contributed by atoms with Crippen LogP contribution in [0.5, 0.6) is 0 Å². The molecule has 2 rings (SSSR count). The average Bonchev–Trinajstić information content (AvgIpc) is 2.62. The Balaban J connectivity index is 1.81. The van der Waals surface area contributed by atoms with E-state index < -0.39 is 0 Å². The Morgan fingerprint density at radius 3 is 2.50 bits per heavy atom. The highest BCUT2D eigenvalue weighted by Gasteiger charge is 2.33. The Kier molecular flexibility index (Phi) is 7.25. The minimum absolute atomic E-state index is 0.0105. The number of hydrogen-bond donors (Lipinski definition) is 1. The van der Waals surface area contributed by atoms with Crippen LogP contribution in [0, 0.1) is 5.41 Å². The van der Waals surface area contributed by atoms with Gasteiger partial charge in [0, 0.05) is 19.7 Å². The van der Waals surface area contributed by atoms with Gasteiger partial charge in [0.05, 0.1) is 0 Å². The predicted molar refractivity (Wildman–Crippen MR) is 97.8 cm³/mol. The Hall–Kier alpha value is -1.39. The number of benzene rings is 1. The summed E-state index contributed by atoms with van der Waals surface area (Å²) in [7, 11) is 0. The van der Waals surface area contributed by atoms with Gasteiger partial charge in [0.25, 0.3) is 0 Å². The van der Waals surface area contributed by atoms with Gasteiger partial charge in [0.2, 0.25) is 5.91 Å². The molecule has 0 aliphatic carbocycles. The van der Waals surface area contributed by atoms with Gasteiger partial charge in [-0.15, -0.1) is 0 Å². The number of ether oxygens (including phenoxy) is 1. The summed E-state index contributed by atoms with van der Waals surface area (Å²) in [6, 6.07) is 10.6. The van der Waals surface area contributed by atoms with Crippen LogP contribution in [0.25, 0.3) is 0 Å². The van der Waals surface area contributed by atoms with E-state index >= 15 is 0 Å². The molecule has 1 aliphatic rings. The average molecular weight is 332 g/mol. The maximum atomic E-state index is 12.1. The molecule has 4 heteroatoms. The van der Waals surface area contributed by atoms with E-state index in [1.54, 1.807) is 0 Å². The number of hydrogen-bond acceptors (Lipinski definition) is 3. The normalized spacial score (nSPS) is 19.0. The largest absolute Gasteiger partial charge is 0.369 e. The molecule has 134 valence electrons. The van der Waals surface area contributed by atoms with Crippen LogP contribution in [0.4, 0.5) is 0 Å². The number of amides is 1. The molecule has 0 spiro atoms. The van der Waals surface area contributed by atoms with Crippen molar-refractivity contribution < 1.29 is 9.53 Å². The third kappa shape index (κ3) is 5.32. The second-order valence-electron chi connectivity index (χ2n) is 6.93. The highest BCUT2D eigenvalue weighted by molar-refractivity contribution is 5.80. The Morgan fingerprint density at radius 1 is 1.25 bits per heavy atom. The SMILES string of the molecule is CCOC(C)C(=O)NCC1(CC)CCN(Cc2ccccc2)CC1. The predicted octanol–water partition coefficient (Wildman–Crippen LogP) is 3.22. The summed E-state index contributed by atoms with van der Waals surface area (Å²) in [6.07, 6.45) is 3.02. The fourth-order valence-corrected chi connectivity index (χ4v) is 3.43. The van der Waals surface area contributed by atoms with Crippen molar-refractivity contribution in [2.45, 2.75) is 52.7 Å². The van der Waals surface area contributed by atoms with Crippen LogP contribution < -0.4 is 5.32 Å². The lowest BCUT2D eigenvalue weighted by atomic mass is 9.76. The number of piperidine rings is 1. The highest BCUT2D eigenvalue weighted by atomic mass is 16.5. The molecule has 1 fully saturated rings. The van der Waals surface area contributed by atoms with Gasteiger partial charge in [-0.1, -0.05) is 37.3 Å². The van der Waals surface area contributed by atoms with E-state index in [9.17, 15) is 4.79 Å². The molecule has 1 unspecified atom stereocenters. The molecule has 1 amide bonds. The smallest absolute Gasteiger partial charge is 0.248 e. The number of nitrogens with zero attached hydrogens (tertiary/aromatic N) is 1. The lowest BCUT2D eigenvalue weighted by molar-refractivity contribution is -0.132. The molecule has 24 heavy (non-hydrogen) atoms. The van der Waals surface area contributed by atoms with Crippen LogP contribution in [0.1, 0.15) is 45.6 Å². The lowest BCUT2D eigenvalue weighted by Gasteiger charge is -2.41. The van der Waals surface area contributed by atoms with Crippen LogP contribution in [0.2, 0.25) is 0 Å². The molecular formula is C20H32N2O2. The van der Waals surface area contributed by atoms with E-state index in [1.807, 2.05) is 13.8 Å². The van der Waals surface area contributed by atoms with Crippen molar-refractivity contribution in [1.82, 2.24) is 10.2 Å². The second-order valence-corrected chi connectivity index (χ2v) is 6.93. The zero-order chi connectivity index (χ0) is 17.4. The van der Waals surface area contributed by atoms with Gasteiger partial charge in [-0.25, -0.2) is 0 Å². The maximum Gasteiger partial charge on any atom is 0.248 e. The van der Waals surface area contributed by atoms with Gasteiger partial charge < -0.3 is 10.1 Å². The second kappa shape index (κ2) is 9.19. The minimum Gasteiger partial charge on any atom is -0.369 e. The fraction of sp³-hybridized carbons (Fsp3) is 0.650. The molecule has 0 bridgehead atoms. The summed E-state index contributed by atoms with van der Waals surface area (Å²) in [5, 5.41) is 3.11. The first-order chi connectivity index (χ1) is 11.6. The summed E-state index contributed by atoms with van der Waals surface area (Å²) in [5.41, 5.74) is 1.61. The molecule has 1 saturated heterocycles. The third-order valence-corrected chi connectivity index (χ3v) is 5.34. The van der Waals surface area contributed by atoms with Crippen molar-refractivity contribution in [3.63, 3.8) is 0 Å². The Bertz CT molecular complexity index is 496. The molecule has 0 radical (unpaired) electrons. The number of likely N-dealkylation sites (tertiary alicyclic amines) is 1. The van der Waals surface area contributed by atoms with E-state index in [-0.39, 0.29) is 17.4 Å². The van der Waals surface area contributed by atoms with Crippen LogP contribution in [-0.2, 0) is 16.1 Å². The summed E-state index contributed by atoms with van der Waals surface area (Å²) < 4.78 is 5.37. The van der Waals surface area contributed by atoms with Crippen molar-refractivity contribution in [1.29, 1.82) is 0 Å². The van der Waals surface area contributed by atoms with Crippen LogP contribution in [0.15, 0.2) is 30.3 Å². The third-order valence-electron chi connectivity index (χ3n) is 5.34. The Morgan fingerprint density at radius 2 is 1.92 bits per heavy atom. The zero-order valence-electron chi connectivity index (χ0n) is 15.4. The molecule has 1 aliphatic heterocycles. The van der Waals surface area contributed by atoms with Gasteiger partial charge >= 0.3 is 0 Å². The van der Waals surface area contributed by atoms with E-state index in [4.69, 9.17) is 4.74 Å². The molecule has 4 nitrogen and oxygen atoms in total. The van der Waals surface area contributed by atoms with Crippen molar-refractivity contribution >= 4 is 5.91 Å². The van der Waals surface area contributed by atoms with E-state index in [2.05, 4.69) is 47.5 Å². The summed E-state index contributed by atoms with van der Waals surface area (Å²) in [5.74, 6) is 0.0105. The molecular weight excluding hydrogens is 300 g/mol. The van der Waals surface area contributed by atoms with Gasteiger partial charge in [-0.2, -0.15) is 0 Å². The lowest BCUT2D eigenvalue weighted by Crippen LogP contribution is -2.47. The molecule has 0 aromatic heterocycles. The summed E-state index contributed by atoms with van der Waals surface area (Å²) >= 11 is 0. The van der Waals surface area contributed by atoms with E-state index in [1.165, 1.54) is 5.56 Å². The van der Waals surface area contributed by atoms with Gasteiger partial charge in [-0.3, -0.25) is 9.69 Å². The topological polar surface area (TPSA) is 41.6 Å². The quantitative estimate of drug-likeness (QED) is 0.795. The minimum atomic E-state index is -0.359. The maximum absolute atomic E-state index is 12.1. The van der Waals surface area contributed by atoms with Gasteiger partial charge in [-0.05, 0) is 57.2 Å². The van der Waals surface area contributed by atoms with Crippen LogP contribution in [-0.4, -0.2) is 43.2 Å². The first-order valence-corrected chi connectivity index (χ1v) is 9.24. The molecule has 1 aromatic rings. The van der Waals surface area contributed by atoms with Crippen molar-refractivity contribution in [2.75, 3.05) is 26.2 Å². The van der Waals surface area contributed by atoms with Gasteiger partial charge in [0.15, 0.2) is 0 Å².